The van der Waals surface area contributed by atoms with Crippen LogP contribution in [0.15, 0.2) is 66.7 Å². The summed E-state index contributed by atoms with van der Waals surface area (Å²) in [7, 11) is 0. The fourth-order valence-electron chi connectivity index (χ4n) is 2.75. The summed E-state index contributed by atoms with van der Waals surface area (Å²) in [5.74, 6) is 1.27. The number of ether oxygens (including phenoxy) is 2. The lowest BCUT2D eigenvalue weighted by Crippen LogP contribution is -2.00. The molecule has 0 heterocycles. The molecule has 0 N–H and O–H groups in total. The molecular weight excluding hydrogens is 497 g/mol. The van der Waals surface area contributed by atoms with Crippen molar-refractivity contribution >= 4 is 45.8 Å². The summed E-state index contributed by atoms with van der Waals surface area (Å²) in [6, 6.07) is 23.4. The zero-order valence-electron chi connectivity index (χ0n) is 15.9. The minimum absolute atomic E-state index is 0.348. The molecule has 0 atom stereocenters. The van der Waals surface area contributed by atoms with Crippen molar-refractivity contribution in [1.82, 2.24) is 0 Å². The summed E-state index contributed by atoms with van der Waals surface area (Å²) >= 11 is 8.45. The maximum absolute atomic E-state index is 9.59. The highest BCUT2D eigenvalue weighted by Gasteiger charge is 2.09. The van der Waals surface area contributed by atoms with Crippen LogP contribution in [-0.4, -0.2) is 6.61 Å². The van der Waals surface area contributed by atoms with Gasteiger partial charge in [-0.3, -0.25) is 0 Å². The van der Waals surface area contributed by atoms with Gasteiger partial charge in [0.2, 0.25) is 0 Å². The molecule has 0 unspecified atom stereocenters. The van der Waals surface area contributed by atoms with Crippen LogP contribution in [0.25, 0.3) is 11.6 Å². The molecular formula is C24H19ClINO2. The number of rotatable bonds is 7. The van der Waals surface area contributed by atoms with Gasteiger partial charge in [0, 0.05) is 14.2 Å². The first kappa shape index (κ1) is 21.2. The highest BCUT2D eigenvalue weighted by Crippen LogP contribution is 2.31. The Bertz CT molecular complexity index is 1060. The van der Waals surface area contributed by atoms with Crippen molar-refractivity contribution in [3.63, 3.8) is 0 Å². The van der Waals surface area contributed by atoms with Gasteiger partial charge >= 0.3 is 0 Å². The van der Waals surface area contributed by atoms with Crippen LogP contribution in [-0.2, 0) is 6.61 Å². The van der Waals surface area contributed by atoms with Crippen molar-refractivity contribution in [3.05, 3.63) is 92.0 Å². The predicted octanol–water partition coefficient (Wildman–Crippen LogP) is 6.99. The Kier molecular flexibility index (Phi) is 7.56. The molecule has 146 valence electrons. The lowest BCUT2D eigenvalue weighted by Gasteiger charge is -2.13. The highest BCUT2D eigenvalue weighted by atomic mass is 127. The van der Waals surface area contributed by atoms with E-state index in [0.717, 1.165) is 20.3 Å². The minimum atomic E-state index is 0.348. The molecule has 0 fully saturated rings. The largest absolute Gasteiger partial charge is 0.490 e. The van der Waals surface area contributed by atoms with E-state index in [4.69, 9.17) is 21.1 Å². The molecule has 0 aromatic heterocycles. The Morgan fingerprint density at radius 2 is 1.79 bits per heavy atom. The summed E-state index contributed by atoms with van der Waals surface area (Å²) in [6.45, 7) is 2.78. The summed E-state index contributed by atoms with van der Waals surface area (Å²) in [6.07, 6.45) is 1.85. The first-order chi connectivity index (χ1) is 14.1. The van der Waals surface area contributed by atoms with Crippen LogP contribution in [0.3, 0.4) is 0 Å². The van der Waals surface area contributed by atoms with E-state index in [-0.39, 0.29) is 0 Å². The molecule has 0 bridgehead atoms. The normalized spacial score (nSPS) is 11.0. The number of benzene rings is 3. The van der Waals surface area contributed by atoms with Crippen LogP contribution >= 0.6 is 34.2 Å². The molecule has 3 aromatic carbocycles. The molecule has 0 saturated carbocycles. The number of allylic oxidation sites excluding steroid dienone is 1. The average Bonchev–Trinajstić information content (AvgIpc) is 2.73. The first-order valence-corrected chi connectivity index (χ1v) is 10.6. The monoisotopic (exact) mass is 515 g/mol. The third-order valence-corrected chi connectivity index (χ3v) is 5.28. The van der Waals surface area contributed by atoms with Crippen LogP contribution in [0.4, 0.5) is 0 Å². The van der Waals surface area contributed by atoms with Crippen LogP contribution in [0.2, 0.25) is 5.02 Å². The molecule has 3 aromatic rings. The molecule has 0 radical (unpaired) electrons. The van der Waals surface area contributed by atoms with Crippen molar-refractivity contribution in [3.8, 4) is 17.6 Å². The molecule has 29 heavy (non-hydrogen) atoms. The van der Waals surface area contributed by atoms with Gasteiger partial charge in [-0.15, -0.1) is 0 Å². The van der Waals surface area contributed by atoms with Crippen LogP contribution in [0.1, 0.15) is 23.6 Å². The van der Waals surface area contributed by atoms with E-state index in [2.05, 4.69) is 28.7 Å². The topological polar surface area (TPSA) is 42.2 Å². The Morgan fingerprint density at radius 1 is 1.03 bits per heavy atom. The number of hydrogen-bond acceptors (Lipinski definition) is 3. The second-order valence-corrected chi connectivity index (χ2v) is 7.85. The third kappa shape index (κ3) is 5.75. The average molecular weight is 516 g/mol. The van der Waals surface area contributed by atoms with Gasteiger partial charge in [0.05, 0.1) is 18.2 Å². The smallest absolute Gasteiger partial charge is 0.161 e. The van der Waals surface area contributed by atoms with Gasteiger partial charge < -0.3 is 9.47 Å². The number of hydrogen-bond donors (Lipinski definition) is 0. The summed E-state index contributed by atoms with van der Waals surface area (Å²) < 4.78 is 12.8. The Balaban J connectivity index is 1.86. The predicted molar refractivity (Wildman–Crippen MR) is 126 cm³/mol. The van der Waals surface area contributed by atoms with Crippen molar-refractivity contribution in [2.24, 2.45) is 0 Å². The van der Waals surface area contributed by atoms with Crippen LogP contribution in [0.5, 0.6) is 11.5 Å². The maximum atomic E-state index is 9.59. The van der Waals surface area contributed by atoms with E-state index >= 15 is 0 Å². The van der Waals surface area contributed by atoms with E-state index in [0.29, 0.717) is 35.3 Å². The van der Waals surface area contributed by atoms with E-state index in [1.54, 1.807) is 0 Å². The summed E-state index contributed by atoms with van der Waals surface area (Å²) in [5, 5.41) is 10.3. The minimum Gasteiger partial charge on any atom is -0.490 e. The van der Waals surface area contributed by atoms with Crippen molar-refractivity contribution in [1.29, 1.82) is 5.26 Å². The summed E-state index contributed by atoms with van der Waals surface area (Å²) in [5.41, 5.74) is 3.25. The Morgan fingerprint density at radius 3 is 2.48 bits per heavy atom. The Labute approximate surface area is 189 Å². The molecule has 3 nitrogen and oxygen atoms in total. The standard InChI is InChI=1S/C24H19ClINO2/c1-2-28-24-14-17(13-20(15-27)18-8-10-21(26)11-9-18)7-12-23(24)29-16-19-5-3-4-6-22(19)25/h3-14H,2,16H2,1H3/b20-13-. The molecule has 0 aliphatic heterocycles. The van der Waals surface area contributed by atoms with Gasteiger partial charge in [-0.25, -0.2) is 0 Å². The lowest BCUT2D eigenvalue weighted by molar-refractivity contribution is 0.269. The van der Waals surface area contributed by atoms with Crippen molar-refractivity contribution in [2.75, 3.05) is 6.61 Å². The number of nitrogens with zero attached hydrogens (tertiary/aromatic N) is 1. The SMILES string of the molecule is CCOc1cc(/C=C(/C#N)c2ccc(I)cc2)ccc1OCc1ccccc1Cl. The number of halogens is 2. The fraction of sp³-hybridized carbons (Fsp3) is 0.125. The maximum Gasteiger partial charge on any atom is 0.161 e. The zero-order chi connectivity index (χ0) is 20.6. The molecule has 0 amide bonds. The first-order valence-electron chi connectivity index (χ1n) is 9.11. The van der Waals surface area contributed by atoms with E-state index in [9.17, 15) is 5.26 Å². The second kappa shape index (κ2) is 10.3. The van der Waals surface area contributed by atoms with Gasteiger partial charge in [0.15, 0.2) is 11.5 Å². The third-order valence-electron chi connectivity index (χ3n) is 4.20. The van der Waals surface area contributed by atoms with E-state index < -0.39 is 0 Å². The van der Waals surface area contributed by atoms with Gasteiger partial charge in [-0.1, -0.05) is 48.0 Å². The Hall–Kier alpha value is -2.49. The van der Waals surface area contributed by atoms with Gasteiger partial charge in [0.1, 0.15) is 6.61 Å². The van der Waals surface area contributed by atoms with Gasteiger partial charge in [-0.05, 0) is 77.0 Å². The van der Waals surface area contributed by atoms with Gasteiger partial charge in [-0.2, -0.15) is 5.26 Å². The molecule has 0 spiro atoms. The molecule has 0 aliphatic carbocycles. The number of nitriles is 1. The van der Waals surface area contributed by atoms with Crippen molar-refractivity contribution < 1.29 is 9.47 Å². The molecule has 5 heteroatoms. The van der Waals surface area contributed by atoms with E-state index in [1.165, 1.54) is 0 Å². The quantitative estimate of drug-likeness (QED) is 0.194. The van der Waals surface area contributed by atoms with Crippen LogP contribution in [0, 0.1) is 14.9 Å². The highest BCUT2D eigenvalue weighted by molar-refractivity contribution is 14.1. The zero-order valence-corrected chi connectivity index (χ0v) is 18.8. The van der Waals surface area contributed by atoms with Gasteiger partial charge in [0.25, 0.3) is 0 Å². The lowest BCUT2D eigenvalue weighted by atomic mass is 10.0. The van der Waals surface area contributed by atoms with E-state index in [1.807, 2.05) is 79.7 Å². The summed E-state index contributed by atoms with van der Waals surface area (Å²) in [4.78, 5) is 0. The molecule has 0 saturated heterocycles. The van der Waals surface area contributed by atoms with Crippen molar-refractivity contribution in [2.45, 2.75) is 13.5 Å². The van der Waals surface area contributed by atoms with Crippen LogP contribution < -0.4 is 9.47 Å². The molecule has 0 aliphatic rings. The molecule has 3 rings (SSSR count). The fourth-order valence-corrected chi connectivity index (χ4v) is 3.30. The second-order valence-electron chi connectivity index (χ2n) is 6.20.